The van der Waals surface area contributed by atoms with Crippen molar-refractivity contribution in [1.29, 1.82) is 0 Å². The molecular weight excluding hydrogens is 374 g/mol. The molecule has 10 heteroatoms. The number of hydrogen-bond donors (Lipinski definition) is 1. The minimum absolute atomic E-state index is 0.268. The van der Waals surface area contributed by atoms with Crippen LogP contribution in [-0.4, -0.2) is 121 Å². The summed E-state index contributed by atoms with van der Waals surface area (Å²) in [6.45, 7) is 8.35. The summed E-state index contributed by atoms with van der Waals surface area (Å²) in [5.74, 6) is 0. The number of methoxy groups -OCH3 is 3. The molecule has 0 aliphatic heterocycles. The van der Waals surface area contributed by atoms with Crippen LogP contribution in [0.5, 0.6) is 0 Å². The molecule has 0 saturated heterocycles. The zero-order valence-corrected chi connectivity index (χ0v) is 17.8. The van der Waals surface area contributed by atoms with Gasteiger partial charge in [0, 0.05) is 21.3 Å². The van der Waals surface area contributed by atoms with Crippen molar-refractivity contribution in [3.63, 3.8) is 0 Å². The summed E-state index contributed by atoms with van der Waals surface area (Å²) in [4.78, 5) is 1.31. The van der Waals surface area contributed by atoms with Gasteiger partial charge in [-0.15, -0.1) is 0 Å². The highest BCUT2D eigenvalue weighted by Gasteiger charge is 2.09. The Kier molecular flexibility index (Phi) is 24.3. The van der Waals surface area contributed by atoms with Gasteiger partial charge in [0.1, 0.15) is 40.0 Å². The molecule has 0 rings (SSSR count). The molecule has 0 amide bonds. The van der Waals surface area contributed by atoms with Crippen molar-refractivity contribution in [1.82, 2.24) is 0 Å². The third-order valence-corrected chi connectivity index (χ3v) is 3.60. The molecule has 0 saturated carbocycles. The Morgan fingerprint density at radius 3 is 0.964 bits per heavy atom. The van der Waals surface area contributed by atoms with Gasteiger partial charge in [-0.25, -0.2) is 0 Å². The van der Waals surface area contributed by atoms with Crippen LogP contribution in [0.25, 0.3) is 0 Å². The van der Waals surface area contributed by atoms with Crippen molar-refractivity contribution >= 4 is 0 Å². The lowest BCUT2D eigenvalue weighted by Crippen LogP contribution is -3.13. The van der Waals surface area contributed by atoms with E-state index in [1.54, 1.807) is 21.3 Å². The predicted octanol–water partition coefficient (Wildman–Crippen LogP) is -1.22. The Labute approximate surface area is 169 Å². The summed E-state index contributed by atoms with van der Waals surface area (Å²) >= 11 is 0. The van der Waals surface area contributed by atoms with Crippen LogP contribution < -0.4 is 4.90 Å². The van der Waals surface area contributed by atoms with Crippen molar-refractivity contribution < 1.29 is 47.5 Å². The SMILES string of the molecule is COCCOCOCC[NH+](CCOCOCCOC)CCOCOCCOC. The molecule has 1 N–H and O–H groups in total. The van der Waals surface area contributed by atoms with Crippen LogP contribution in [0.4, 0.5) is 0 Å². The van der Waals surface area contributed by atoms with Gasteiger partial charge in [0.15, 0.2) is 0 Å². The Balaban J connectivity index is 3.80. The molecule has 0 aromatic carbocycles. The lowest BCUT2D eigenvalue weighted by Gasteiger charge is -2.19. The maximum absolute atomic E-state index is 5.50. The van der Waals surface area contributed by atoms with Crippen LogP contribution in [-0.2, 0) is 42.6 Å². The molecule has 0 heterocycles. The van der Waals surface area contributed by atoms with Gasteiger partial charge in [0.05, 0.1) is 59.5 Å². The molecule has 0 aliphatic carbocycles. The van der Waals surface area contributed by atoms with Crippen LogP contribution in [0, 0.1) is 0 Å². The van der Waals surface area contributed by atoms with Gasteiger partial charge < -0.3 is 47.5 Å². The van der Waals surface area contributed by atoms with E-state index in [4.69, 9.17) is 42.6 Å². The van der Waals surface area contributed by atoms with E-state index in [0.29, 0.717) is 59.5 Å². The predicted molar refractivity (Wildman–Crippen MR) is 102 cm³/mol. The Morgan fingerprint density at radius 1 is 0.393 bits per heavy atom. The summed E-state index contributed by atoms with van der Waals surface area (Å²) in [5.41, 5.74) is 0. The molecule has 28 heavy (non-hydrogen) atoms. The zero-order chi connectivity index (χ0) is 20.5. The Morgan fingerprint density at radius 2 is 0.679 bits per heavy atom. The monoisotopic (exact) mass is 414 g/mol. The molecule has 0 radical (unpaired) electrons. The molecule has 0 aromatic heterocycles. The minimum Gasteiger partial charge on any atom is -0.382 e. The number of ether oxygens (including phenoxy) is 9. The van der Waals surface area contributed by atoms with E-state index in [0.717, 1.165) is 19.6 Å². The van der Waals surface area contributed by atoms with Gasteiger partial charge in [0.25, 0.3) is 0 Å². The zero-order valence-electron chi connectivity index (χ0n) is 17.8. The highest BCUT2D eigenvalue weighted by atomic mass is 16.7. The molecule has 0 atom stereocenters. The first kappa shape index (κ1) is 27.6. The van der Waals surface area contributed by atoms with Crippen LogP contribution >= 0.6 is 0 Å². The van der Waals surface area contributed by atoms with E-state index in [1.165, 1.54) is 4.90 Å². The van der Waals surface area contributed by atoms with E-state index in [2.05, 4.69) is 0 Å². The van der Waals surface area contributed by atoms with Crippen molar-refractivity contribution in [2.75, 3.05) is 121 Å². The van der Waals surface area contributed by atoms with E-state index >= 15 is 0 Å². The average Bonchev–Trinajstić information content (AvgIpc) is 2.71. The molecule has 0 unspecified atom stereocenters. The summed E-state index contributed by atoms with van der Waals surface area (Å²) in [5, 5.41) is 0. The maximum atomic E-state index is 5.50. The van der Waals surface area contributed by atoms with Crippen LogP contribution in [0.3, 0.4) is 0 Å². The van der Waals surface area contributed by atoms with Gasteiger partial charge in [-0.3, -0.25) is 0 Å². The third-order valence-electron chi connectivity index (χ3n) is 3.60. The van der Waals surface area contributed by atoms with Crippen LogP contribution in [0.1, 0.15) is 0 Å². The highest BCUT2D eigenvalue weighted by molar-refractivity contribution is 4.34. The van der Waals surface area contributed by atoms with Crippen LogP contribution in [0.2, 0.25) is 0 Å². The molecule has 0 bridgehead atoms. The van der Waals surface area contributed by atoms with Gasteiger partial charge in [-0.2, -0.15) is 0 Å². The minimum atomic E-state index is 0.268. The third kappa shape index (κ3) is 21.9. The highest BCUT2D eigenvalue weighted by Crippen LogP contribution is 1.81. The van der Waals surface area contributed by atoms with Crippen molar-refractivity contribution in [2.24, 2.45) is 0 Å². The maximum Gasteiger partial charge on any atom is 0.147 e. The quantitative estimate of drug-likeness (QED) is 0.154. The van der Waals surface area contributed by atoms with Crippen molar-refractivity contribution in [3.05, 3.63) is 0 Å². The number of hydrogen-bond acceptors (Lipinski definition) is 9. The number of nitrogens with one attached hydrogen (secondary N) is 1. The topological polar surface area (TPSA) is 87.5 Å². The lowest BCUT2D eigenvalue weighted by atomic mass is 10.4. The van der Waals surface area contributed by atoms with Gasteiger partial charge >= 0.3 is 0 Å². The molecular formula is C18H40NO9+. The fourth-order valence-electron chi connectivity index (χ4n) is 1.98. The lowest BCUT2D eigenvalue weighted by molar-refractivity contribution is -0.901. The molecule has 0 aromatic rings. The van der Waals surface area contributed by atoms with Gasteiger partial charge in [0.2, 0.25) is 0 Å². The van der Waals surface area contributed by atoms with E-state index < -0.39 is 0 Å². The average molecular weight is 415 g/mol. The normalized spacial score (nSPS) is 11.6. The Bertz CT molecular complexity index is 245. The summed E-state index contributed by atoms with van der Waals surface area (Å²) in [6, 6.07) is 0. The molecule has 0 fully saturated rings. The van der Waals surface area contributed by atoms with Crippen molar-refractivity contribution in [2.45, 2.75) is 0 Å². The summed E-state index contributed by atoms with van der Waals surface area (Å²) < 4.78 is 47.1. The standard InChI is InChI=1S/C18H39NO9/c1-20-10-13-26-16-23-7-4-19(5-8-24-17-27-14-11-21-2)6-9-25-18-28-15-12-22-3/h4-18H2,1-3H3/p+1. The van der Waals surface area contributed by atoms with E-state index in [9.17, 15) is 0 Å². The molecule has 0 spiro atoms. The second-order valence-electron chi connectivity index (χ2n) is 5.78. The smallest absolute Gasteiger partial charge is 0.147 e. The van der Waals surface area contributed by atoms with Crippen LogP contribution in [0.15, 0.2) is 0 Å². The number of quaternary nitrogens is 1. The molecule has 10 nitrogen and oxygen atoms in total. The van der Waals surface area contributed by atoms with E-state index in [-0.39, 0.29) is 20.4 Å². The van der Waals surface area contributed by atoms with Gasteiger partial charge in [-0.05, 0) is 0 Å². The number of rotatable bonds is 24. The molecule has 170 valence electrons. The first-order valence-corrected chi connectivity index (χ1v) is 9.62. The van der Waals surface area contributed by atoms with Crippen molar-refractivity contribution in [3.8, 4) is 0 Å². The first-order valence-electron chi connectivity index (χ1n) is 9.62. The first-order chi connectivity index (χ1) is 13.8. The largest absolute Gasteiger partial charge is 0.382 e. The molecule has 0 aliphatic rings. The van der Waals surface area contributed by atoms with E-state index in [1.807, 2.05) is 0 Å². The second kappa shape index (κ2) is 24.6. The second-order valence-corrected chi connectivity index (χ2v) is 5.78. The summed E-state index contributed by atoms with van der Waals surface area (Å²) in [7, 11) is 4.92. The fraction of sp³-hybridized carbons (Fsp3) is 1.00. The fourth-order valence-corrected chi connectivity index (χ4v) is 1.98. The summed E-state index contributed by atoms with van der Waals surface area (Å²) in [6.07, 6.45) is 0. The van der Waals surface area contributed by atoms with Gasteiger partial charge in [-0.1, -0.05) is 0 Å². The Hall–Kier alpha value is -0.400.